The van der Waals surface area contributed by atoms with Crippen molar-refractivity contribution in [3.8, 4) is 0 Å². The zero-order valence-corrected chi connectivity index (χ0v) is 21.3. The Bertz CT molecular complexity index is 846. The summed E-state index contributed by atoms with van der Waals surface area (Å²) in [4.78, 5) is 40.1. The van der Waals surface area contributed by atoms with Crippen molar-refractivity contribution in [2.45, 2.75) is 91.0 Å². The van der Waals surface area contributed by atoms with Crippen molar-refractivity contribution in [1.82, 2.24) is 4.90 Å². The standard InChI is InChI=1S/C27H40N2O3S/c1-4-20(5-2)18-27(14-9-6-10-15-27)26(32)28-23-12-8-7-11-22(23)24-17-21(25(31)33)13-16-29(24)19(3)30/h7-8,11-12,20-21,24H,4-6,9-10,13-18H2,1-3H3,(H,28,32)(H,31,33). The highest BCUT2D eigenvalue weighted by Gasteiger charge is 2.41. The predicted molar refractivity (Wildman–Crippen MR) is 136 cm³/mol. The largest absolute Gasteiger partial charge is 0.336 e. The van der Waals surface area contributed by atoms with Gasteiger partial charge in [-0.1, -0.05) is 64.2 Å². The highest BCUT2D eigenvalue weighted by molar-refractivity contribution is 7.96. The summed E-state index contributed by atoms with van der Waals surface area (Å²) in [5.74, 6) is 0.479. The Labute approximate surface area is 204 Å². The number of carbonyl (C=O) groups is 3. The molecule has 33 heavy (non-hydrogen) atoms. The Morgan fingerprint density at radius 1 is 1.12 bits per heavy atom. The molecule has 0 bridgehead atoms. The minimum atomic E-state index is -0.321. The molecular formula is C27H40N2O3S. The molecule has 0 spiro atoms. The molecule has 2 fully saturated rings. The minimum absolute atomic E-state index is 0.0105. The van der Waals surface area contributed by atoms with Gasteiger partial charge in [0.25, 0.3) is 0 Å². The van der Waals surface area contributed by atoms with E-state index in [1.165, 1.54) is 6.42 Å². The number of amides is 2. The predicted octanol–water partition coefficient (Wildman–Crippen LogP) is 6.16. The summed E-state index contributed by atoms with van der Waals surface area (Å²) in [7, 11) is 0. The average molecular weight is 473 g/mol. The van der Waals surface area contributed by atoms with E-state index in [9.17, 15) is 14.4 Å². The maximum atomic E-state index is 13.8. The number of hydrogen-bond donors (Lipinski definition) is 2. The number of piperidine rings is 1. The SMILES string of the molecule is CCC(CC)CC1(C(=O)Nc2ccccc2C2CC(C(=O)S)CCN2C(C)=O)CCCCC1. The second-order valence-corrected chi connectivity index (χ2v) is 10.5. The Balaban J connectivity index is 1.90. The van der Waals surface area contributed by atoms with Crippen LogP contribution in [0, 0.1) is 17.3 Å². The first kappa shape index (κ1) is 25.8. The number of likely N-dealkylation sites (tertiary alicyclic amines) is 1. The highest BCUT2D eigenvalue weighted by atomic mass is 32.1. The molecule has 2 aliphatic rings. The number of thiol groups is 1. The van der Waals surface area contributed by atoms with Crippen LogP contribution in [0.2, 0.25) is 0 Å². The molecule has 1 N–H and O–H groups in total. The molecule has 1 aliphatic carbocycles. The summed E-state index contributed by atoms with van der Waals surface area (Å²) in [6.07, 6.45) is 9.57. The van der Waals surface area contributed by atoms with Crippen LogP contribution in [-0.4, -0.2) is 28.4 Å². The summed E-state index contributed by atoms with van der Waals surface area (Å²) in [6.45, 7) is 6.54. The summed E-state index contributed by atoms with van der Waals surface area (Å²) in [6, 6.07) is 7.54. The second-order valence-electron chi connectivity index (χ2n) is 10.1. The fraction of sp³-hybridized carbons (Fsp3) is 0.667. The van der Waals surface area contributed by atoms with Gasteiger partial charge in [-0.2, -0.15) is 0 Å². The molecule has 5 nitrogen and oxygen atoms in total. The molecule has 1 saturated heterocycles. The summed E-state index contributed by atoms with van der Waals surface area (Å²) in [5.41, 5.74) is 1.35. The first-order valence-electron chi connectivity index (χ1n) is 12.7. The number of anilines is 1. The molecule has 1 aromatic carbocycles. The lowest BCUT2D eigenvalue weighted by Crippen LogP contribution is -2.42. The lowest BCUT2D eigenvalue weighted by molar-refractivity contribution is -0.135. The molecule has 2 unspecified atom stereocenters. The van der Waals surface area contributed by atoms with Crippen molar-refractivity contribution in [2.75, 3.05) is 11.9 Å². The minimum Gasteiger partial charge on any atom is -0.336 e. The molecule has 2 atom stereocenters. The Kier molecular flexibility index (Phi) is 9.02. The molecule has 1 aliphatic heterocycles. The Morgan fingerprint density at radius 2 is 1.79 bits per heavy atom. The van der Waals surface area contributed by atoms with Crippen molar-refractivity contribution in [3.63, 3.8) is 0 Å². The van der Waals surface area contributed by atoms with E-state index in [0.29, 0.717) is 25.3 Å². The van der Waals surface area contributed by atoms with Crippen molar-refractivity contribution in [1.29, 1.82) is 0 Å². The topological polar surface area (TPSA) is 66.5 Å². The molecule has 6 heteroatoms. The molecule has 1 saturated carbocycles. The molecule has 0 radical (unpaired) electrons. The van der Waals surface area contributed by atoms with Crippen LogP contribution in [-0.2, 0) is 14.4 Å². The van der Waals surface area contributed by atoms with E-state index in [1.807, 2.05) is 29.2 Å². The third-order valence-corrected chi connectivity index (χ3v) is 8.42. The number of para-hydroxylation sites is 1. The van der Waals surface area contributed by atoms with E-state index in [0.717, 1.165) is 56.2 Å². The first-order valence-corrected chi connectivity index (χ1v) is 13.2. The van der Waals surface area contributed by atoms with Gasteiger partial charge in [0, 0.05) is 30.5 Å². The Morgan fingerprint density at radius 3 is 2.39 bits per heavy atom. The zero-order chi connectivity index (χ0) is 24.0. The van der Waals surface area contributed by atoms with Crippen LogP contribution in [0.25, 0.3) is 0 Å². The lowest BCUT2D eigenvalue weighted by Gasteiger charge is -2.40. The van der Waals surface area contributed by atoms with Gasteiger partial charge in [0.1, 0.15) is 0 Å². The van der Waals surface area contributed by atoms with Crippen LogP contribution in [0.3, 0.4) is 0 Å². The van der Waals surface area contributed by atoms with Crippen molar-refractivity contribution in [3.05, 3.63) is 29.8 Å². The molecule has 0 aromatic heterocycles. The third-order valence-electron chi connectivity index (χ3n) is 8.05. The maximum absolute atomic E-state index is 13.8. The van der Waals surface area contributed by atoms with Crippen molar-refractivity contribution >= 4 is 35.2 Å². The van der Waals surface area contributed by atoms with Crippen LogP contribution in [0.5, 0.6) is 0 Å². The lowest BCUT2D eigenvalue weighted by atomic mass is 9.67. The van der Waals surface area contributed by atoms with Crippen LogP contribution < -0.4 is 5.32 Å². The number of carbonyl (C=O) groups excluding carboxylic acids is 3. The van der Waals surface area contributed by atoms with E-state index in [-0.39, 0.29) is 34.3 Å². The van der Waals surface area contributed by atoms with Gasteiger partial charge in [0.05, 0.1) is 6.04 Å². The normalized spacial score (nSPS) is 22.8. The van der Waals surface area contributed by atoms with E-state index in [2.05, 4.69) is 31.8 Å². The Hall–Kier alpha value is -1.82. The van der Waals surface area contributed by atoms with Gasteiger partial charge in [-0.15, -0.1) is 12.6 Å². The molecule has 1 heterocycles. The van der Waals surface area contributed by atoms with Crippen LogP contribution in [0.4, 0.5) is 5.69 Å². The average Bonchev–Trinajstić information content (AvgIpc) is 2.83. The fourth-order valence-electron chi connectivity index (χ4n) is 5.90. The van der Waals surface area contributed by atoms with E-state index >= 15 is 0 Å². The monoisotopic (exact) mass is 472 g/mol. The van der Waals surface area contributed by atoms with Crippen LogP contribution >= 0.6 is 12.6 Å². The van der Waals surface area contributed by atoms with Gasteiger partial charge in [-0.25, -0.2) is 0 Å². The maximum Gasteiger partial charge on any atom is 0.230 e. The highest BCUT2D eigenvalue weighted by Crippen LogP contribution is 2.45. The van der Waals surface area contributed by atoms with Gasteiger partial charge >= 0.3 is 0 Å². The summed E-state index contributed by atoms with van der Waals surface area (Å²) < 4.78 is 0. The molecule has 1 aromatic rings. The third kappa shape index (κ3) is 6.00. The van der Waals surface area contributed by atoms with Crippen molar-refractivity contribution < 1.29 is 14.4 Å². The number of rotatable bonds is 8. The summed E-state index contributed by atoms with van der Waals surface area (Å²) >= 11 is 4.08. The number of nitrogens with one attached hydrogen (secondary N) is 1. The first-order chi connectivity index (χ1) is 15.8. The van der Waals surface area contributed by atoms with E-state index in [4.69, 9.17) is 0 Å². The van der Waals surface area contributed by atoms with E-state index in [1.54, 1.807) is 6.92 Å². The number of nitrogens with zero attached hydrogens (tertiary/aromatic N) is 1. The fourth-order valence-corrected chi connectivity index (χ4v) is 6.13. The quantitative estimate of drug-likeness (QED) is 0.445. The number of hydrogen-bond acceptors (Lipinski definition) is 3. The van der Waals surface area contributed by atoms with Gasteiger partial charge < -0.3 is 10.2 Å². The van der Waals surface area contributed by atoms with Crippen molar-refractivity contribution in [2.24, 2.45) is 17.3 Å². The zero-order valence-electron chi connectivity index (χ0n) is 20.4. The second kappa shape index (κ2) is 11.5. The molecule has 2 amide bonds. The molecule has 3 rings (SSSR count). The molecule has 182 valence electrons. The molecular weight excluding hydrogens is 432 g/mol. The van der Waals surface area contributed by atoms with Gasteiger partial charge in [0.2, 0.25) is 11.8 Å². The van der Waals surface area contributed by atoms with Gasteiger partial charge in [-0.3, -0.25) is 14.4 Å². The van der Waals surface area contributed by atoms with Crippen LogP contribution in [0.1, 0.15) is 96.6 Å². The van der Waals surface area contributed by atoms with Crippen LogP contribution in [0.15, 0.2) is 24.3 Å². The van der Waals surface area contributed by atoms with Gasteiger partial charge in [-0.05, 0) is 49.7 Å². The van der Waals surface area contributed by atoms with Gasteiger partial charge in [0.15, 0.2) is 5.12 Å². The number of benzene rings is 1. The van der Waals surface area contributed by atoms with E-state index < -0.39 is 0 Å². The smallest absolute Gasteiger partial charge is 0.230 e. The summed E-state index contributed by atoms with van der Waals surface area (Å²) in [5, 5.41) is 3.17.